The van der Waals surface area contributed by atoms with Gasteiger partial charge in [0.15, 0.2) is 5.12 Å². The number of benzene rings is 1. The van der Waals surface area contributed by atoms with Crippen molar-refractivity contribution >= 4 is 22.8 Å². The molecule has 0 saturated carbocycles. The number of rotatable bonds is 4. The summed E-state index contributed by atoms with van der Waals surface area (Å²) in [6, 6.07) is 5.30. The van der Waals surface area contributed by atoms with Gasteiger partial charge >= 0.3 is 6.18 Å². The first-order valence-electron chi connectivity index (χ1n) is 6.83. The minimum Gasteiger partial charge on any atom is -0.338 e. The Balaban J connectivity index is 2.06. The summed E-state index contributed by atoms with van der Waals surface area (Å²) in [6.45, 7) is 1.81. The van der Waals surface area contributed by atoms with Crippen molar-refractivity contribution in [3.63, 3.8) is 0 Å². The molecule has 7 heteroatoms. The molecule has 0 N–H and O–H groups in total. The van der Waals surface area contributed by atoms with Crippen molar-refractivity contribution < 1.29 is 22.8 Å². The average Bonchev–Trinajstić information content (AvgIpc) is 2.76. The van der Waals surface area contributed by atoms with Gasteiger partial charge in [-0.25, -0.2) is 0 Å². The van der Waals surface area contributed by atoms with Gasteiger partial charge in [0.25, 0.3) is 0 Å². The zero-order valence-corrected chi connectivity index (χ0v) is 12.8. The van der Waals surface area contributed by atoms with E-state index in [4.69, 9.17) is 0 Å². The molecule has 0 radical (unpaired) electrons. The highest BCUT2D eigenvalue weighted by molar-refractivity contribution is 8.13. The van der Waals surface area contributed by atoms with Crippen LogP contribution in [0.2, 0.25) is 0 Å². The van der Waals surface area contributed by atoms with Gasteiger partial charge < -0.3 is 4.90 Å². The Morgan fingerprint density at radius 1 is 1.36 bits per heavy atom. The zero-order valence-electron chi connectivity index (χ0n) is 12.0. The summed E-state index contributed by atoms with van der Waals surface area (Å²) >= 11 is 1.15. The molecule has 1 aromatic rings. The highest BCUT2D eigenvalue weighted by Crippen LogP contribution is 2.33. The van der Waals surface area contributed by atoms with Gasteiger partial charge in [0.1, 0.15) is 0 Å². The molecular formula is C15H16F3NO2S. The number of likely N-dealkylation sites (tertiary alicyclic amines) is 1. The molecule has 22 heavy (non-hydrogen) atoms. The molecule has 1 unspecified atom stereocenters. The van der Waals surface area contributed by atoms with Crippen LogP contribution in [-0.4, -0.2) is 28.2 Å². The SMILES string of the molecule is CC(=O)SCC1CC(=O)N(Cc2ccccc2C(F)(F)F)C1. The van der Waals surface area contributed by atoms with E-state index in [1.165, 1.54) is 30.0 Å². The number of alkyl halides is 3. The average molecular weight is 331 g/mol. The Morgan fingerprint density at radius 3 is 2.68 bits per heavy atom. The van der Waals surface area contributed by atoms with Crippen LogP contribution in [0.25, 0.3) is 0 Å². The van der Waals surface area contributed by atoms with Crippen LogP contribution in [0.4, 0.5) is 13.2 Å². The third-order valence-corrected chi connectivity index (χ3v) is 4.55. The lowest BCUT2D eigenvalue weighted by molar-refractivity contribution is -0.139. The molecule has 120 valence electrons. The summed E-state index contributed by atoms with van der Waals surface area (Å²) in [7, 11) is 0. The van der Waals surface area contributed by atoms with E-state index in [0.29, 0.717) is 12.3 Å². The van der Waals surface area contributed by atoms with Crippen molar-refractivity contribution in [2.75, 3.05) is 12.3 Å². The van der Waals surface area contributed by atoms with Crippen molar-refractivity contribution in [1.29, 1.82) is 0 Å². The van der Waals surface area contributed by atoms with Gasteiger partial charge in [-0.3, -0.25) is 9.59 Å². The van der Waals surface area contributed by atoms with E-state index in [2.05, 4.69) is 0 Å². The van der Waals surface area contributed by atoms with Crippen LogP contribution in [0.3, 0.4) is 0 Å². The molecular weight excluding hydrogens is 315 g/mol. The number of hydrogen-bond donors (Lipinski definition) is 0. The molecule has 1 fully saturated rings. The molecule has 1 aliphatic rings. The van der Waals surface area contributed by atoms with Gasteiger partial charge in [0, 0.05) is 32.2 Å². The van der Waals surface area contributed by atoms with Gasteiger partial charge in [-0.15, -0.1) is 0 Å². The van der Waals surface area contributed by atoms with Gasteiger partial charge in [-0.1, -0.05) is 30.0 Å². The largest absolute Gasteiger partial charge is 0.416 e. The maximum Gasteiger partial charge on any atom is 0.416 e. The highest BCUT2D eigenvalue weighted by Gasteiger charge is 2.35. The lowest BCUT2D eigenvalue weighted by atomic mass is 10.1. The summed E-state index contributed by atoms with van der Waals surface area (Å²) in [5.41, 5.74) is -0.604. The Bertz CT molecular complexity index is 574. The molecule has 2 rings (SSSR count). The van der Waals surface area contributed by atoms with Crippen LogP contribution in [-0.2, 0) is 22.3 Å². The number of thioether (sulfide) groups is 1. The minimum atomic E-state index is -4.43. The fraction of sp³-hybridized carbons (Fsp3) is 0.467. The van der Waals surface area contributed by atoms with Crippen LogP contribution in [0, 0.1) is 5.92 Å². The number of nitrogens with zero attached hydrogens (tertiary/aromatic N) is 1. The molecule has 0 bridgehead atoms. The highest BCUT2D eigenvalue weighted by atomic mass is 32.2. The van der Waals surface area contributed by atoms with Crippen molar-refractivity contribution in [1.82, 2.24) is 4.90 Å². The third-order valence-electron chi connectivity index (χ3n) is 3.50. The molecule has 1 saturated heterocycles. The molecule has 1 atom stereocenters. The maximum atomic E-state index is 13.0. The van der Waals surface area contributed by atoms with E-state index in [-0.39, 0.29) is 35.5 Å². The monoisotopic (exact) mass is 331 g/mol. The van der Waals surface area contributed by atoms with Crippen molar-refractivity contribution in [3.05, 3.63) is 35.4 Å². The quantitative estimate of drug-likeness (QED) is 0.849. The first-order chi connectivity index (χ1) is 10.3. The van der Waals surface area contributed by atoms with Crippen molar-refractivity contribution in [3.8, 4) is 0 Å². The zero-order chi connectivity index (χ0) is 16.3. The van der Waals surface area contributed by atoms with E-state index >= 15 is 0 Å². The molecule has 3 nitrogen and oxygen atoms in total. The number of carbonyl (C=O) groups excluding carboxylic acids is 2. The molecule has 0 aliphatic carbocycles. The second-order valence-corrected chi connectivity index (χ2v) is 6.50. The Kier molecular flexibility index (Phi) is 5.16. The first-order valence-corrected chi connectivity index (χ1v) is 7.82. The number of halogens is 3. The minimum absolute atomic E-state index is 0.0134. The maximum absolute atomic E-state index is 13.0. The summed E-state index contributed by atoms with van der Waals surface area (Å²) in [4.78, 5) is 24.3. The lowest BCUT2D eigenvalue weighted by Gasteiger charge is -2.20. The van der Waals surface area contributed by atoms with Crippen LogP contribution in [0.15, 0.2) is 24.3 Å². The van der Waals surface area contributed by atoms with Crippen LogP contribution in [0.5, 0.6) is 0 Å². The summed E-state index contributed by atoms with van der Waals surface area (Å²) in [5, 5.41) is -0.0201. The number of hydrogen-bond acceptors (Lipinski definition) is 3. The van der Waals surface area contributed by atoms with E-state index < -0.39 is 11.7 Å². The molecule has 1 aromatic carbocycles. The standard InChI is InChI=1S/C15H16F3NO2S/c1-10(20)22-9-11-6-14(21)19(7-11)8-12-4-2-3-5-13(12)15(16,17)18/h2-5,11H,6-9H2,1H3. The number of amides is 1. The topological polar surface area (TPSA) is 37.4 Å². The predicted molar refractivity (Wildman–Crippen MR) is 78.1 cm³/mol. The van der Waals surface area contributed by atoms with Gasteiger partial charge in [0.05, 0.1) is 5.56 Å². The summed E-state index contributed by atoms with van der Waals surface area (Å²) < 4.78 is 38.9. The van der Waals surface area contributed by atoms with Crippen LogP contribution < -0.4 is 0 Å². The van der Waals surface area contributed by atoms with Gasteiger partial charge in [-0.2, -0.15) is 13.2 Å². The lowest BCUT2D eigenvalue weighted by Crippen LogP contribution is -2.26. The van der Waals surface area contributed by atoms with E-state index in [1.54, 1.807) is 0 Å². The fourth-order valence-electron chi connectivity index (χ4n) is 2.49. The van der Waals surface area contributed by atoms with Gasteiger partial charge in [0.2, 0.25) is 5.91 Å². The Morgan fingerprint density at radius 2 is 2.05 bits per heavy atom. The smallest absolute Gasteiger partial charge is 0.338 e. The molecule has 1 aliphatic heterocycles. The fourth-order valence-corrected chi connectivity index (χ4v) is 3.19. The second-order valence-electron chi connectivity index (χ2n) is 5.30. The Labute approximate surface area is 130 Å². The molecule has 0 spiro atoms. The van der Waals surface area contributed by atoms with E-state index in [0.717, 1.165) is 17.8 Å². The summed E-state index contributed by atoms with van der Waals surface area (Å²) in [6.07, 6.45) is -4.14. The number of carbonyl (C=O) groups is 2. The van der Waals surface area contributed by atoms with Crippen LogP contribution >= 0.6 is 11.8 Å². The van der Waals surface area contributed by atoms with Crippen LogP contribution in [0.1, 0.15) is 24.5 Å². The predicted octanol–water partition coefficient (Wildman–Crippen LogP) is 3.33. The molecule has 0 aromatic heterocycles. The second kappa shape index (κ2) is 6.73. The van der Waals surface area contributed by atoms with E-state index in [1.807, 2.05) is 0 Å². The third kappa shape index (κ3) is 4.25. The summed E-state index contributed by atoms with van der Waals surface area (Å²) in [5.74, 6) is 0.379. The van der Waals surface area contributed by atoms with Crippen molar-refractivity contribution in [2.45, 2.75) is 26.1 Å². The molecule has 1 heterocycles. The Hall–Kier alpha value is -1.50. The normalized spacial score (nSPS) is 18.8. The van der Waals surface area contributed by atoms with E-state index in [9.17, 15) is 22.8 Å². The molecule has 1 amide bonds. The van der Waals surface area contributed by atoms with Gasteiger partial charge in [-0.05, 0) is 17.5 Å². The first kappa shape index (κ1) is 16.9. The van der Waals surface area contributed by atoms with Crippen molar-refractivity contribution in [2.24, 2.45) is 5.92 Å².